The Kier molecular flexibility index (Phi) is 6.45. The number of rotatable bonds is 6. The average molecular weight is 287 g/mol. The molecule has 0 saturated carbocycles. The van der Waals surface area contributed by atoms with Crippen LogP contribution in [0.15, 0.2) is 18.2 Å². The normalized spacial score (nSPS) is 11.8. The Morgan fingerprint density at radius 2 is 2.21 bits per heavy atom. The number of aliphatic hydroxyl groups excluding tert-OH is 1. The number of amides is 2. The van der Waals surface area contributed by atoms with Crippen LogP contribution in [0.1, 0.15) is 20.3 Å². The largest absolute Gasteiger partial charge is 0.492 e. The van der Waals surface area contributed by atoms with Gasteiger partial charge in [-0.2, -0.15) is 0 Å². The third kappa shape index (κ3) is 4.96. The molecule has 0 aromatic heterocycles. The molecule has 0 aliphatic heterocycles. The number of nitrogens with one attached hydrogen (secondary N) is 2. The van der Waals surface area contributed by atoms with Gasteiger partial charge >= 0.3 is 6.03 Å². The lowest BCUT2D eigenvalue weighted by Gasteiger charge is -2.16. The zero-order valence-corrected chi connectivity index (χ0v) is 11.8. The first-order valence-electron chi connectivity index (χ1n) is 6.21. The fraction of sp³-hybridized carbons (Fsp3) is 0.462. The van der Waals surface area contributed by atoms with Crippen LogP contribution < -0.4 is 15.4 Å². The maximum Gasteiger partial charge on any atom is 0.319 e. The summed E-state index contributed by atoms with van der Waals surface area (Å²) in [4.78, 5) is 11.8. The van der Waals surface area contributed by atoms with Gasteiger partial charge in [0.1, 0.15) is 5.75 Å². The van der Waals surface area contributed by atoms with Gasteiger partial charge in [0.05, 0.1) is 24.9 Å². The number of halogens is 1. The maximum absolute atomic E-state index is 11.8. The number of benzene rings is 1. The van der Waals surface area contributed by atoms with E-state index < -0.39 is 0 Å². The Morgan fingerprint density at radius 3 is 2.79 bits per heavy atom. The minimum atomic E-state index is -0.385. The number of urea groups is 1. The summed E-state index contributed by atoms with van der Waals surface area (Å²) >= 11 is 5.88. The molecular weight excluding hydrogens is 268 g/mol. The van der Waals surface area contributed by atoms with Crippen molar-refractivity contribution in [3.63, 3.8) is 0 Å². The molecule has 1 aromatic rings. The smallest absolute Gasteiger partial charge is 0.319 e. The lowest BCUT2D eigenvalue weighted by Crippen LogP contribution is -2.39. The van der Waals surface area contributed by atoms with E-state index in [0.29, 0.717) is 29.5 Å². The molecule has 6 heteroatoms. The van der Waals surface area contributed by atoms with Gasteiger partial charge in [-0.3, -0.25) is 0 Å². The van der Waals surface area contributed by atoms with Crippen molar-refractivity contribution in [2.24, 2.45) is 0 Å². The fourth-order valence-corrected chi connectivity index (χ4v) is 1.66. The Morgan fingerprint density at radius 1 is 1.47 bits per heavy atom. The molecule has 1 rings (SSSR count). The minimum Gasteiger partial charge on any atom is -0.492 e. The molecule has 1 atom stereocenters. The van der Waals surface area contributed by atoms with Crippen molar-refractivity contribution in [3.05, 3.63) is 23.2 Å². The Labute approximate surface area is 117 Å². The summed E-state index contributed by atoms with van der Waals surface area (Å²) in [7, 11) is 0. The molecule has 5 nitrogen and oxygen atoms in total. The zero-order valence-electron chi connectivity index (χ0n) is 11.1. The summed E-state index contributed by atoms with van der Waals surface area (Å²) in [6, 6.07) is 4.34. The van der Waals surface area contributed by atoms with E-state index in [9.17, 15) is 4.79 Å². The van der Waals surface area contributed by atoms with Crippen LogP contribution in [0.3, 0.4) is 0 Å². The van der Waals surface area contributed by atoms with Crippen LogP contribution in [-0.2, 0) is 0 Å². The molecular formula is C13H19ClN2O3. The molecule has 0 fully saturated rings. The molecule has 0 spiro atoms. The van der Waals surface area contributed by atoms with Gasteiger partial charge in [0.15, 0.2) is 0 Å². The number of ether oxygens (including phenoxy) is 1. The van der Waals surface area contributed by atoms with Gasteiger partial charge in [0.25, 0.3) is 0 Å². The second-order valence-electron chi connectivity index (χ2n) is 3.96. The Balaban J connectivity index is 2.72. The third-order valence-electron chi connectivity index (χ3n) is 2.54. The second kappa shape index (κ2) is 7.86. The van der Waals surface area contributed by atoms with E-state index in [0.717, 1.165) is 0 Å². The molecule has 0 heterocycles. The van der Waals surface area contributed by atoms with Crippen LogP contribution in [0.25, 0.3) is 0 Å². The molecule has 0 aliphatic rings. The fourth-order valence-electron chi connectivity index (χ4n) is 1.49. The number of anilines is 1. The SMILES string of the molecule is CCOc1cc(Cl)ccc1NC(=O)N[C@@H](CC)CO. The van der Waals surface area contributed by atoms with E-state index in [-0.39, 0.29) is 18.7 Å². The van der Waals surface area contributed by atoms with E-state index in [2.05, 4.69) is 10.6 Å². The number of carbonyl (C=O) groups is 1. The number of aliphatic hydroxyl groups is 1. The lowest BCUT2D eigenvalue weighted by molar-refractivity contribution is 0.222. The molecule has 0 unspecified atom stereocenters. The quantitative estimate of drug-likeness (QED) is 0.753. The summed E-state index contributed by atoms with van der Waals surface area (Å²) in [5.41, 5.74) is 0.538. The molecule has 2 amide bonds. The molecule has 0 saturated heterocycles. The van der Waals surface area contributed by atoms with Gasteiger partial charge in [-0.15, -0.1) is 0 Å². The summed E-state index contributed by atoms with van der Waals surface area (Å²) in [5, 5.41) is 14.9. The van der Waals surface area contributed by atoms with E-state index >= 15 is 0 Å². The highest BCUT2D eigenvalue weighted by Crippen LogP contribution is 2.28. The van der Waals surface area contributed by atoms with Crippen molar-refractivity contribution in [3.8, 4) is 5.75 Å². The highest BCUT2D eigenvalue weighted by atomic mass is 35.5. The van der Waals surface area contributed by atoms with Crippen molar-refractivity contribution >= 4 is 23.3 Å². The minimum absolute atomic E-state index is 0.0944. The van der Waals surface area contributed by atoms with Crippen LogP contribution in [0.4, 0.5) is 10.5 Å². The molecule has 0 aliphatic carbocycles. The Bertz CT molecular complexity index is 422. The highest BCUT2D eigenvalue weighted by Gasteiger charge is 2.11. The van der Waals surface area contributed by atoms with Crippen molar-refractivity contribution in [1.29, 1.82) is 0 Å². The second-order valence-corrected chi connectivity index (χ2v) is 4.40. The number of hydrogen-bond donors (Lipinski definition) is 3. The van der Waals surface area contributed by atoms with E-state index in [1.54, 1.807) is 18.2 Å². The van der Waals surface area contributed by atoms with Gasteiger partial charge in [-0.1, -0.05) is 18.5 Å². The summed E-state index contributed by atoms with van der Waals surface area (Å²) in [6.45, 7) is 4.12. The van der Waals surface area contributed by atoms with Gasteiger partial charge < -0.3 is 20.5 Å². The summed E-state index contributed by atoms with van der Waals surface area (Å²) in [5.74, 6) is 0.516. The van der Waals surface area contributed by atoms with E-state index in [1.165, 1.54) is 0 Å². The first-order valence-corrected chi connectivity index (χ1v) is 6.59. The van der Waals surface area contributed by atoms with Crippen LogP contribution >= 0.6 is 11.6 Å². The van der Waals surface area contributed by atoms with Gasteiger partial charge in [-0.05, 0) is 25.5 Å². The monoisotopic (exact) mass is 286 g/mol. The van der Waals surface area contributed by atoms with Gasteiger partial charge in [0.2, 0.25) is 0 Å². The van der Waals surface area contributed by atoms with Crippen LogP contribution in [-0.4, -0.2) is 30.4 Å². The standard InChI is InChI=1S/C13H19ClN2O3/c1-3-10(8-17)15-13(18)16-11-6-5-9(14)7-12(11)19-4-2/h5-7,10,17H,3-4,8H2,1-2H3,(H2,15,16,18)/t10-/m0/s1. The van der Waals surface area contributed by atoms with Crippen molar-refractivity contribution in [2.45, 2.75) is 26.3 Å². The highest BCUT2D eigenvalue weighted by molar-refractivity contribution is 6.30. The van der Waals surface area contributed by atoms with Gasteiger partial charge in [0, 0.05) is 11.1 Å². The number of hydrogen-bond acceptors (Lipinski definition) is 3. The average Bonchev–Trinajstić information content (AvgIpc) is 2.39. The van der Waals surface area contributed by atoms with Crippen LogP contribution in [0.2, 0.25) is 5.02 Å². The topological polar surface area (TPSA) is 70.6 Å². The zero-order chi connectivity index (χ0) is 14.3. The maximum atomic E-state index is 11.8. The Hall–Kier alpha value is -1.46. The molecule has 106 valence electrons. The molecule has 19 heavy (non-hydrogen) atoms. The van der Waals surface area contributed by atoms with E-state index in [4.69, 9.17) is 21.4 Å². The molecule has 0 radical (unpaired) electrons. The lowest BCUT2D eigenvalue weighted by atomic mass is 10.2. The summed E-state index contributed by atoms with van der Waals surface area (Å²) < 4.78 is 5.40. The first-order chi connectivity index (χ1) is 9.10. The van der Waals surface area contributed by atoms with Crippen molar-refractivity contribution in [1.82, 2.24) is 5.32 Å². The van der Waals surface area contributed by atoms with Crippen LogP contribution in [0.5, 0.6) is 5.75 Å². The predicted octanol–water partition coefficient (Wildman–Crippen LogP) is 2.63. The van der Waals surface area contributed by atoms with Crippen molar-refractivity contribution in [2.75, 3.05) is 18.5 Å². The third-order valence-corrected chi connectivity index (χ3v) is 2.78. The van der Waals surface area contributed by atoms with E-state index in [1.807, 2.05) is 13.8 Å². The van der Waals surface area contributed by atoms with Crippen molar-refractivity contribution < 1.29 is 14.6 Å². The first kappa shape index (κ1) is 15.6. The van der Waals surface area contributed by atoms with Crippen LogP contribution in [0, 0.1) is 0 Å². The van der Waals surface area contributed by atoms with Gasteiger partial charge in [-0.25, -0.2) is 4.79 Å². The summed E-state index contributed by atoms with van der Waals surface area (Å²) in [6.07, 6.45) is 0.656. The number of carbonyl (C=O) groups excluding carboxylic acids is 1. The molecule has 3 N–H and O–H groups in total. The predicted molar refractivity (Wildman–Crippen MR) is 75.9 cm³/mol. The molecule has 1 aromatic carbocycles. The molecule has 0 bridgehead atoms.